The molecule has 0 aliphatic carbocycles. The summed E-state index contributed by atoms with van der Waals surface area (Å²) in [4.78, 5) is 15.2. The second-order valence-corrected chi connectivity index (χ2v) is 5.04. The van der Waals surface area contributed by atoms with Gasteiger partial charge in [0.05, 0.1) is 5.69 Å². The molecule has 0 spiro atoms. The zero-order chi connectivity index (χ0) is 14.5. The van der Waals surface area contributed by atoms with Crippen molar-refractivity contribution in [2.24, 2.45) is 0 Å². The molecule has 1 fully saturated rings. The van der Waals surface area contributed by atoms with Gasteiger partial charge in [-0.2, -0.15) is 0 Å². The molecular weight excluding hydrogens is 262 g/mol. The minimum Gasteiger partial charge on any atom is -0.480 e. The number of nitrogens with zero attached hydrogens (tertiary/aromatic N) is 3. The summed E-state index contributed by atoms with van der Waals surface area (Å²) in [5.41, 5.74) is 0.886. The van der Waals surface area contributed by atoms with Crippen LogP contribution in [0.1, 0.15) is 18.4 Å². The van der Waals surface area contributed by atoms with Crippen LogP contribution in [-0.2, 0) is 22.7 Å². The molecule has 0 radical (unpaired) electrons. The number of piperazine rings is 1. The van der Waals surface area contributed by atoms with Crippen LogP contribution in [0.25, 0.3) is 0 Å². The first-order valence-electron chi connectivity index (χ1n) is 6.72. The van der Waals surface area contributed by atoms with Crippen molar-refractivity contribution in [1.29, 1.82) is 0 Å². The lowest BCUT2D eigenvalue weighted by molar-refractivity contribution is -0.143. The van der Waals surface area contributed by atoms with Gasteiger partial charge < -0.3 is 14.4 Å². The van der Waals surface area contributed by atoms with Crippen LogP contribution in [-0.4, -0.2) is 65.4 Å². The van der Waals surface area contributed by atoms with Gasteiger partial charge in [0.25, 0.3) is 0 Å². The predicted octanol–water partition coefficient (Wildman–Crippen LogP) is 0.412. The number of rotatable bonds is 6. The van der Waals surface area contributed by atoms with E-state index in [2.05, 4.69) is 10.1 Å². The van der Waals surface area contributed by atoms with E-state index in [9.17, 15) is 4.79 Å². The Morgan fingerprint density at radius 1 is 1.50 bits per heavy atom. The predicted molar refractivity (Wildman–Crippen MR) is 71.2 cm³/mol. The number of hydrogen-bond acceptors (Lipinski definition) is 6. The number of methoxy groups -OCH3 is 1. The van der Waals surface area contributed by atoms with Crippen LogP contribution in [0.5, 0.6) is 0 Å². The Kier molecular flexibility index (Phi) is 5.11. The first-order chi connectivity index (χ1) is 9.60. The molecule has 1 saturated heterocycles. The Labute approximate surface area is 118 Å². The second-order valence-electron chi connectivity index (χ2n) is 5.04. The zero-order valence-corrected chi connectivity index (χ0v) is 11.9. The molecule has 0 saturated carbocycles. The minimum absolute atomic E-state index is 0.419. The standard InChI is InChI=1S/C13H21N3O4/c1-10(13(17)18)16-5-3-15(4-6-16)8-11-7-12(9-19-2)20-14-11/h7,10H,3-6,8-9H2,1-2H3,(H,17,18). The van der Waals surface area contributed by atoms with E-state index >= 15 is 0 Å². The van der Waals surface area contributed by atoms with Crippen LogP contribution < -0.4 is 0 Å². The number of carbonyl (C=O) groups is 1. The monoisotopic (exact) mass is 283 g/mol. The molecule has 1 aliphatic heterocycles. The van der Waals surface area contributed by atoms with Crippen molar-refractivity contribution in [3.05, 3.63) is 17.5 Å². The molecule has 1 aliphatic rings. The molecular formula is C13H21N3O4. The molecule has 1 aromatic rings. The Bertz CT molecular complexity index is 441. The van der Waals surface area contributed by atoms with Crippen LogP contribution in [0.15, 0.2) is 10.6 Å². The van der Waals surface area contributed by atoms with Gasteiger partial charge in [0.2, 0.25) is 0 Å². The molecule has 7 nitrogen and oxygen atoms in total. The number of ether oxygens (including phenoxy) is 1. The molecule has 0 aromatic carbocycles. The number of hydrogen-bond donors (Lipinski definition) is 1. The van der Waals surface area contributed by atoms with E-state index in [4.69, 9.17) is 14.4 Å². The number of aromatic nitrogens is 1. The van der Waals surface area contributed by atoms with E-state index < -0.39 is 12.0 Å². The van der Waals surface area contributed by atoms with Gasteiger partial charge in [-0.25, -0.2) is 0 Å². The van der Waals surface area contributed by atoms with Gasteiger partial charge in [-0.1, -0.05) is 5.16 Å². The van der Waals surface area contributed by atoms with E-state index in [0.717, 1.165) is 44.2 Å². The van der Waals surface area contributed by atoms with Gasteiger partial charge in [-0.3, -0.25) is 14.6 Å². The molecule has 2 rings (SSSR count). The summed E-state index contributed by atoms with van der Waals surface area (Å²) in [6, 6.07) is 1.48. The van der Waals surface area contributed by atoms with Gasteiger partial charge in [-0.05, 0) is 6.92 Å². The van der Waals surface area contributed by atoms with Crippen molar-refractivity contribution in [1.82, 2.24) is 15.0 Å². The second kappa shape index (κ2) is 6.83. The average Bonchev–Trinajstić information content (AvgIpc) is 2.86. The van der Waals surface area contributed by atoms with E-state index in [1.165, 1.54) is 0 Å². The Morgan fingerprint density at radius 2 is 2.20 bits per heavy atom. The lowest BCUT2D eigenvalue weighted by Gasteiger charge is -2.36. The number of carboxylic acids is 1. The fraction of sp³-hybridized carbons (Fsp3) is 0.692. The van der Waals surface area contributed by atoms with Crippen molar-refractivity contribution in [2.45, 2.75) is 26.1 Å². The highest BCUT2D eigenvalue weighted by molar-refractivity contribution is 5.72. The Balaban J connectivity index is 1.80. The molecule has 20 heavy (non-hydrogen) atoms. The lowest BCUT2D eigenvalue weighted by Crippen LogP contribution is -2.51. The molecule has 1 unspecified atom stereocenters. The smallest absolute Gasteiger partial charge is 0.320 e. The Morgan fingerprint density at radius 3 is 2.80 bits per heavy atom. The molecule has 0 bridgehead atoms. The Hall–Kier alpha value is -1.44. The first kappa shape index (κ1) is 15.0. The van der Waals surface area contributed by atoms with Crippen LogP contribution >= 0.6 is 0 Å². The molecule has 1 aromatic heterocycles. The molecule has 1 N–H and O–H groups in total. The molecule has 1 atom stereocenters. The van der Waals surface area contributed by atoms with E-state index in [-0.39, 0.29) is 0 Å². The van der Waals surface area contributed by atoms with E-state index in [1.54, 1.807) is 14.0 Å². The maximum Gasteiger partial charge on any atom is 0.320 e. The van der Waals surface area contributed by atoms with Gasteiger partial charge in [0, 0.05) is 45.9 Å². The van der Waals surface area contributed by atoms with Crippen LogP contribution in [0, 0.1) is 0 Å². The largest absolute Gasteiger partial charge is 0.480 e. The van der Waals surface area contributed by atoms with E-state index in [0.29, 0.717) is 6.61 Å². The third-order valence-corrected chi connectivity index (χ3v) is 3.59. The van der Waals surface area contributed by atoms with Crippen molar-refractivity contribution in [3.8, 4) is 0 Å². The first-order valence-corrected chi connectivity index (χ1v) is 6.72. The number of aliphatic carboxylic acids is 1. The number of carboxylic acid groups (broad SMARTS) is 1. The average molecular weight is 283 g/mol. The summed E-state index contributed by atoms with van der Waals surface area (Å²) in [5, 5.41) is 13.0. The SMILES string of the molecule is COCc1cc(CN2CCN(C(C)C(=O)O)CC2)no1. The summed E-state index contributed by atoms with van der Waals surface area (Å²) >= 11 is 0. The highest BCUT2D eigenvalue weighted by atomic mass is 16.5. The fourth-order valence-electron chi connectivity index (χ4n) is 2.33. The highest BCUT2D eigenvalue weighted by Crippen LogP contribution is 2.11. The zero-order valence-electron chi connectivity index (χ0n) is 11.9. The third-order valence-electron chi connectivity index (χ3n) is 3.59. The van der Waals surface area contributed by atoms with Crippen LogP contribution in [0.4, 0.5) is 0 Å². The van der Waals surface area contributed by atoms with Gasteiger partial charge in [0.1, 0.15) is 12.6 Å². The topological polar surface area (TPSA) is 79.0 Å². The normalized spacial score (nSPS) is 19.1. The lowest BCUT2D eigenvalue weighted by atomic mass is 10.2. The maximum atomic E-state index is 10.9. The molecule has 2 heterocycles. The summed E-state index contributed by atoms with van der Waals surface area (Å²) in [6.45, 7) is 6.08. The third kappa shape index (κ3) is 3.78. The molecule has 0 amide bonds. The van der Waals surface area contributed by atoms with Crippen molar-refractivity contribution in [2.75, 3.05) is 33.3 Å². The summed E-state index contributed by atoms with van der Waals surface area (Å²) in [5.74, 6) is -0.0419. The van der Waals surface area contributed by atoms with Gasteiger partial charge in [-0.15, -0.1) is 0 Å². The summed E-state index contributed by atoms with van der Waals surface area (Å²) in [6.07, 6.45) is 0. The molecule has 7 heteroatoms. The van der Waals surface area contributed by atoms with Crippen molar-refractivity contribution in [3.63, 3.8) is 0 Å². The quantitative estimate of drug-likeness (QED) is 0.810. The van der Waals surface area contributed by atoms with Gasteiger partial charge >= 0.3 is 5.97 Å². The van der Waals surface area contributed by atoms with Crippen molar-refractivity contribution >= 4 is 5.97 Å². The summed E-state index contributed by atoms with van der Waals surface area (Å²) < 4.78 is 10.1. The van der Waals surface area contributed by atoms with Crippen LogP contribution in [0.2, 0.25) is 0 Å². The van der Waals surface area contributed by atoms with Crippen molar-refractivity contribution < 1.29 is 19.2 Å². The minimum atomic E-state index is -0.765. The van der Waals surface area contributed by atoms with Crippen LogP contribution in [0.3, 0.4) is 0 Å². The molecule has 112 valence electrons. The van der Waals surface area contributed by atoms with E-state index in [1.807, 2.05) is 11.0 Å². The fourth-order valence-corrected chi connectivity index (χ4v) is 2.33. The highest BCUT2D eigenvalue weighted by Gasteiger charge is 2.25. The maximum absolute atomic E-state index is 10.9. The van der Waals surface area contributed by atoms with Gasteiger partial charge in [0.15, 0.2) is 5.76 Å². The summed E-state index contributed by atoms with van der Waals surface area (Å²) in [7, 11) is 1.62.